The molecule has 1 aromatic heterocycles. The molecule has 1 aliphatic rings. The highest BCUT2D eigenvalue weighted by Gasteiger charge is 2.67. The van der Waals surface area contributed by atoms with Crippen molar-refractivity contribution in [3.05, 3.63) is 92.4 Å². The van der Waals surface area contributed by atoms with E-state index in [1.54, 1.807) is 24.3 Å². The van der Waals surface area contributed by atoms with Crippen LogP contribution in [0.2, 0.25) is 15.1 Å². The van der Waals surface area contributed by atoms with Gasteiger partial charge < -0.3 is 5.32 Å². The predicted molar refractivity (Wildman–Crippen MR) is 129 cm³/mol. The number of ketones is 1. The van der Waals surface area contributed by atoms with Crippen LogP contribution in [0.5, 0.6) is 0 Å². The fourth-order valence-corrected chi connectivity index (χ4v) is 5.26. The molecule has 1 amide bonds. The number of nitrogens with zero attached hydrogens (tertiary/aromatic N) is 1. The van der Waals surface area contributed by atoms with Gasteiger partial charge in [-0.05, 0) is 54.1 Å². The Bertz CT molecular complexity index is 1250. The number of anilines is 1. The van der Waals surface area contributed by atoms with Gasteiger partial charge in [-0.15, -0.1) is 23.2 Å². The quantitative estimate of drug-likeness (QED) is 0.203. The van der Waals surface area contributed by atoms with E-state index < -0.39 is 28.0 Å². The number of carbonyl (C=O) groups is 2. The highest BCUT2D eigenvalue weighted by Crippen LogP contribution is 2.65. The number of rotatable bonds is 6. The third kappa shape index (κ3) is 5.28. The van der Waals surface area contributed by atoms with E-state index in [0.29, 0.717) is 21.3 Å². The summed E-state index contributed by atoms with van der Waals surface area (Å²) in [5.41, 5.74) is 1.41. The topological polar surface area (TPSA) is 59.1 Å². The predicted octanol–water partition coefficient (Wildman–Crippen LogP) is 7.13. The number of hydrogen-bond acceptors (Lipinski definition) is 3. The standard InChI is InChI=1S/C23H14Cl5FN2O2/c24-12-6-11(7-13(25)8-12)20-21(23(20,27)28)22(33)31-15-4-5-17(26)16(9-15)18(32)10-14-2-1-3-19(29)30-14/h1-9,20-21H,10H2,(H,31,33). The molecule has 0 bridgehead atoms. The first kappa shape index (κ1) is 24.2. The second-order valence-corrected chi connectivity index (χ2v) is 10.3. The smallest absolute Gasteiger partial charge is 0.231 e. The van der Waals surface area contributed by atoms with E-state index in [1.807, 2.05) is 0 Å². The average molecular weight is 547 g/mol. The van der Waals surface area contributed by atoms with Gasteiger partial charge in [0.15, 0.2) is 5.78 Å². The lowest BCUT2D eigenvalue weighted by Gasteiger charge is -2.09. The Labute approximate surface area is 214 Å². The van der Waals surface area contributed by atoms with Gasteiger partial charge in [-0.3, -0.25) is 9.59 Å². The van der Waals surface area contributed by atoms with Crippen LogP contribution in [-0.4, -0.2) is 21.0 Å². The Morgan fingerprint density at radius 1 is 1.00 bits per heavy atom. The minimum atomic E-state index is -1.34. The van der Waals surface area contributed by atoms with Crippen molar-refractivity contribution in [3.8, 4) is 0 Å². The summed E-state index contributed by atoms with van der Waals surface area (Å²) in [6.45, 7) is 0. The highest BCUT2D eigenvalue weighted by atomic mass is 35.5. The average Bonchev–Trinajstić information content (AvgIpc) is 3.31. The van der Waals surface area contributed by atoms with Crippen molar-refractivity contribution in [2.75, 3.05) is 5.32 Å². The molecular weight excluding hydrogens is 533 g/mol. The zero-order chi connectivity index (χ0) is 23.9. The maximum absolute atomic E-state index is 13.3. The maximum Gasteiger partial charge on any atom is 0.231 e. The van der Waals surface area contributed by atoms with Crippen molar-refractivity contribution in [2.24, 2.45) is 5.92 Å². The Hall–Kier alpha value is -1.89. The molecule has 2 aromatic carbocycles. The van der Waals surface area contributed by atoms with E-state index in [0.717, 1.165) is 0 Å². The van der Waals surface area contributed by atoms with Crippen LogP contribution >= 0.6 is 58.0 Å². The van der Waals surface area contributed by atoms with Gasteiger partial charge >= 0.3 is 0 Å². The first-order chi connectivity index (χ1) is 15.6. The lowest BCUT2D eigenvalue weighted by atomic mass is 10.0. The Morgan fingerprint density at radius 3 is 2.36 bits per heavy atom. The monoisotopic (exact) mass is 544 g/mol. The molecule has 1 saturated carbocycles. The van der Waals surface area contributed by atoms with Crippen LogP contribution in [0.15, 0.2) is 54.6 Å². The number of hydrogen-bond donors (Lipinski definition) is 1. The van der Waals surface area contributed by atoms with Crippen molar-refractivity contribution < 1.29 is 14.0 Å². The van der Waals surface area contributed by atoms with Gasteiger partial charge in [0.2, 0.25) is 11.9 Å². The lowest BCUT2D eigenvalue weighted by Crippen LogP contribution is -2.17. The van der Waals surface area contributed by atoms with E-state index in [1.165, 1.54) is 30.3 Å². The molecule has 10 heteroatoms. The zero-order valence-corrected chi connectivity index (χ0v) is 20.4. The fraction of sp³-hybridized carbons (Fsp3) is 0.174. The second-order valence-electron chi connectivity index (χ2n) is 7.57. The molecular formula is C23H14Cl5FN2O2. The second kappa shape index (κ2) is 9.40. The molecule has 4 nitrogen and oxygen atoms in total. The first-order valence-electron chi connectivity index (χ1n) is 9.65. The van der Waals surface area contributed by atoms with Gasteiger partial charge in [-0.1, -0.05) is 40.9 Å². The molecule has 1 N–H and O–H groups in total. The molecule has 0 spiro atoms. The van der Waals surface area contributed by atoms with Crippen LogP contribution < -0.4 is 5.32 Å². The normalized spacial score (nSPS) is 18.6. The SMILES string of the molecule is O=C(Cc1cccc(F)n1)c1cc(NC(=O)C2C(c3cc(Cl)cc(Cl)c3)C2(Cl)Cl)ccc1Cl. The van der Waals surface area contributed by atoms with E-state index in [9.17, 15) is 14.0 Å². The van der Waals surface area contributed by atoms with Gasteiger partial charge in [0.25, 0.3) is 0 Å². The number of aromatic nitrogens is 1. The molecule has 0 saturated heterocycles. The van der Waals surface area contributed by atoms with Crippen LogP contribution in [0.1, 0.15) is 27.5 Å². The van der Waals surface area contributed by atoms with Crippen molar-refractivity contribution in [2.45, 2.75) is 16.7 Å². The fourth-order valence-electron chi connectivity index (χ4n) is 3.67. The van der Waals surface area contributed by atoms with Gasteiger partial charge in [0.1, 0.15) is 4.33 Å². The van der Waals surface area contributed by atoms with Crippen molar-refractivity contribution >= 4 is 75.4 Å². The minimum absolute atomic E-state index is 0.151. The molecule has 1 fully saturated rings. The van der Waals surface area contributed by atoms with Crippen LogP contribution in [0.25, 0.3) is 0 Å². The van der Waals surface area contributed by atoms with Crippen molar-refractivity contribution in [3.63, 3.8) is 0 Å². The number of nitrogens with one attached hydrogen (secondary N) is 1. The number of pyridine rings is 1. The number of alkyl halides is 2. The summed E-state index contributed by atoms with van der Waals surface area (Å²) in [5.74, 6) is -2.77. The number of halogens is 6. The van der Waals surface area contributed by atoms with E-state index >= 15 is 0 Å². The molecule has 1 aliphatic carbocycles. The van der Waals surface area contributed by atoms with Gasteiger partial charge in [0, 0.05) is 27.2 Å². The molecule has 0 radical (unpaired) electrons. The number of Topliss-reactive ketones (excluding diaryl/α,β-unsaturated/α-hetero) is 1. The molecule has 3 aromatic rings. The molecule has 33 heavy (non-hydrogen) atoms. The van der Waals surface area contributed by atoms with Gasteiger partial charge in [-0.2, -0.15) is 4.39 Å². The Kier molecular flexibility index (Phi) is 6.90. The molecule has 1 heterocycles. The summed E-state index contributed by atoms with van der Waals surface area (Å²) in [7, 11) is 0. The summed E-state index contributed by atoms with van der Waals surface area (Å²) in [5, 5.41) is 3.72. The van der Waals surface area contributed by atoms with Gasteiger partial charge in [-0.25, -0.2) is 4.98 Å². The molecule has 2 atom stereocenters. The van der Waals surface area contributed by atoms with Crippen LogP contribution in [-0.2, 0) is 11.2 Å². The third-order valence-corrected chi connectivity index (χ3v) is 6.94. The molecule has 0 aliphatic heterocycles. The van der Waals surface area contributed by atoms with Gasteiger partial charge in [0.05, 0.1) is 23.1 Å². The summed E-state index contributed by atoms with van der Waals surface area (Å²) in [4.78, 5) is 29.3. The highest BCUT2D eigenvalue weighted by molar-refractivity contribution is 6.53. The van der Waals surface area contributed by atoms with Crippen LogP contribution in [0.3, 0.4) is 0 Å². The minimum Gasteiger partial charge on any atom is -0.326 e. The molecule has 2 unspecified atom stereocenters. The van der Waals surface area contributed by atoms with Crippen molar-refractivity contribution in [1.29, 1.82) is 0 Å². The summed E-state index contributed by atoms with van der Waals surface area (Å²) >= 11 is 31.1. The van der Waals surface area contributed by atoms with Crippen LogP contribution in [0, 0.1) is 11.9 Å². The third-order valence-electron chi connectivity index (χ3n) is 5.23. The zero-order valence-electron chi connectivity index (χ0n) is 16.6. The number of amides is 1. The van der Waals surface area contributed by atoms with Crippen LogP contribution in [0.4, 0.5) is 10.1 Å². The Balaban J connectivity index is 1.51. The van der Waals surface area contributed by atoms with E-state index in [4.69, 9.17) is 58.0 Å². The molecule has 170 valence electrons. The summed E-state index contributed by atoms with van der Waals surface area (Å²) < 4.78 is 12.0. The molecule has 4 rings (SSSR count). The first-order valence-corrected chi connectivity index (χ1v) is 11.5. The lowest BCUT2D eigenvalue weighted by molar-refractivity contribution is -0.117. The largest absolute Gasteiger partial charge is 0.326 e. The van der Waals surface area contributed by atoms with E-state index in [-0.39, 0.29) is 28.5 Å². The summed E-state index contributed by atoms with van der Waals surface area (Å²) in [6.07, 6.45) is -0.151. The Morgan fingerprint density at radius 2 is 1.70 bits per heavy atom. The summed E-state index contributed by atoms with van der Waals surface area (Å²) in [6, 6.07) is 13.6. The number of carbonyl (C=O) groups excluding carboxylic acids is 2. The van der Waals surface area contributed by atoms with E-state index in [2.05, 4.69) is 10.3 Å². The number of benzene rings is 2. The maximum atomic E-state index is 13.3. The van der Waals surface area contributed by atoms with Crippen molar-refractivity contribution in [1.82, 2.24) is 4.98 Å².